The minimum absolute atomic E-state index is 0.0404. The highest BCUT2D eigenvalue weighted by atomic mass is 79.9. The highest BCUT2D eigenvalue weighted by Crippen LogP contribution is 2.32. The fourth-order valence-electron chi connectivity index (χ4n) is 0.569. The van der Waals surface area contributed by atoms with E-state index in [-0.39, 0.29) is 5.78 Å². The van der Waals surface area contributed by atoms with Gasteiger partial charge in [0.1, 0.15) is 0 Å². The van der Waals surface area contributed by atoms with Gasteiger partial charge >= 0.3 is 0 Å². The molecule has 1 heterocycles. The molecule has 0 aliphatic rings. The van der Waals surface area contributed by atoms with Crippen molar-refractivity contribution in [3.8, 4) is 0 Å². The molecule has 11 heavy (non-hydrogen) atoms. The van der Waals surface area contributed by atoms with Gasteiger partial charge in [-0.15, -0.1) is 11.3 Å². The number of halogens is 2. The summed E-state index contributed by atoms with van der Waals surface area (Å²) in [7, 11) is 0. The fourth-order valence-corrected chi connectivity index (χ4v) is 2.54. The third-order valence-electron chi connectivity index (χ3n) is 1.07. The number of rotatable bonds is 2. The predicted octanol–water partition coefficient (Wildman–Crippen LogP) is 3.64. The number of hydrogen-bond acceptors (Lipinski definition) is 2. The van der Waals surface area contributed by atoms with Gasteiger partial charge in [-0.3, -0.25) is 4.79 Å². The van der Waals surface area contributed by atoms with Gasteiger partial charge < -0.3 is 0 Å². The van der Waals surface area contributed by atoms with Crippen LogP contribution in [0.5, 0.6) is 0 Å². The van der Waals surface area contributed by atoms with E-state index in [1.54, 1.807) is 6.07 Å². The van der Waals surface area contributed by atoms with Crippen molar-refractivity contribution in [2.45, 2.75) is 0 Å². The summed E-state index contributed by atoms with van der Waals surface area (Å²) in [6.45, 7) is 3.40. The molecule has 0 aliphatic heterocycles. The van der Waals surface area contributed by atoms with Crippen molar-refractivity contribution in [3.05, 3.63) is 31.9 Å². The Labute approximate surface area is 85.4 Å². The first-order valence-electron chi connectivity index (χ1n) is 2.76. The van der Waals surface area contributed by atoms with Crippen molar-refractivity contribution < 1.29 is 4.79 Å². The van der Waals surface area contributed by atoms with Crippen molar-refractivity contribution in [2.75, 3.05) is 0 Å². The number of carbonyl (C=O) groups is 1. The number of allylic oxidation sites excluding steroid dienone is 1. The van der Waals surface area contributed by atoms with Crippen molar-refractivity contribution in [2.24, 2.45) is 0 Å². The molecule has 0 spiro atoms. The highest BCUT2D eigenvalue weighted by molar-refractivity contribution is 9.13. The third kappa shape index (κ3) is 2.01. The van der Waals surface area contributed by atoms with E-state index in [2.05, 4.69) is 38.4 Å². The Hall–Kier alpha value is 0.0700. The lowest BCUT2D eigenvalue weighted by Gasteiger charge is -1.82. The third-order valence-corrected chi connectivity index (χ3v) is 4.34. The maximum atomic E-state index is 11.0. The SMILES string of the molecule is C=CC(=O)c1cc(Br)c(Br)s1. The van der Waals surface area contributed by atoms with Gasteiger partial charge in [-0.1, -0.05) is 6.58 Å². The van der Waals surface area contributed by atoms with E-state index in [0.29, 0.717) is 4.88 Å². The maximum absolute atomic E-state index is 11.0. The van der Waals surface area contributed by atoms with Crippen LogP contribution < -0.4 is 0 Å². The van der Waals surface area contributed by atoms with Crippen LogP contribution in [0.4, 0.5) is 0 Å². The van der Waals surface area contributed by atoms with Gasteiger partial charge in [0.25, 0.3) is 0 Å². The normalized spacial score (nSPS) is 9.64. The standard InChI is InChI=1S/C7H4Br2OS/c1-2-5(10)6-3-4(8)7(9)11-6/h2-3H,1H2. The summed E-state index contributed by atoms with van der Waals surface area (Å²) >= 11 is 7.99. The molecule has 0 bridgehead atoms. The molecule has 0 atom stereocenters. The van der Waals surface area contributed by atoms with Crippen LogP contribution in [0.2, 0.25) is 0 Å². The molecular formula is C7H4Br2OS. The average Bonchev–Trinajstić information content (AvgIpc) is 2.31. The Kier molecular flexibility index (Phi) is 3.04. The number of ketones is 1. The van der Waals surface area contributed by atoms with Crippen LogP contribution in [-0.2, 0) is 0 Å². The van der Waals surface area contributed by atoms with Crippen LogP contribution in [0.1, 0.15) is 9.67 Å². The Balaban J connectivity index is 3.06. The monoisotopic (exact) mass is 294 g/mol. The van der Waals surface area contributed by atoms with Crippen molar-refractivity contribution >= 4 is 49.0 Å². The van der Waals surface area contributed by atoms with Crippen LogP contribution in [0.25, 0.3) is 0 Å². The van der Waals surface area contributed by atoms with E-state index < -0.39 is 0 Å². The Morgan fingerprint density at radius 1 is 1.64 bits per heavy atom. The first kappa shape index (κ1) is 9.16. The van der Waals surface area contributed by atoms with Gasteiger partial charge in [-0.05, 0) is 44.0 Å². The minimum atomic E-state index is -0.0404. The van der Waals surface area contributed by atoms with E-state index in [9.17, 15) is 4.79 Å². The summed E-state index contributed by atoms with van der Waals surface area (Å²) in [4.78, 5) is 11.7. The molecule has 58 valence electrons. The second-order valence-electron chi connectivity index (χ2n) is 1.80. The van der Waals surface area contributed by atoms with E-state index in [1.807, 2.05) is 0 Å². The zero-order valence-corrected chi connectivity index (χ0v) is 9.42. The molecule has 0 aliphatic carbocycles. The van der Waals surface area contributed by atoms with Crippen LogP contribution in [-0.4, -0.2) is 5.78 Å². The zero-order chi connectivity index (χ0) is 8.43. The Bertz CT molecular complexity index is 284. The first-order valence-corrected chi connectivity index (χ1v) is 5.17. The molecule has 1 aromatic heterocycles. The van der Waals surface area contributed by atoms with Gasteiger partial charge in [0, 0.05) is 4.47 Å². The summed E-state index contributed by atoms with van der Waals surface area (Å²) in [5, 5.41) is 0. The van der Waals surface area contributed by atoms with Crippen LogP contribution in [0.15, 0.2) is 27.0 Å². The van der Waals surface area contributed by atoms with Gasteiger partial charge in [-0.2, -0.15) is 0 Å². The summed E-state index contributed by atoms with van der Waals surface area (Å²) in [5.74, 6) is -0.0404. The minimum Gasteiger partial charge on any atom is -0.288 e. The first-order chi connectivity index (χ1) is 5.15. The van der Waals surface area contributed by atoms with E-state index >= 15 is 0 Å². The summed E-state index contributed by atoms with van der Waals surface area (Å²) in [5.41, 5.74) is 0. The van der Waals surface area contributed by atoms with Crippen LogP contribution in [0, 0.1) is 0 Å². The fraction of sp³-hybridized carbons (Fsp3) is 0. The number of thiophene rings is 1. The number of hydrogen-bond donors (Lipinski definition) is 0. The van der Waals surface area contributed by atoms with Crippen LogP contribution >= 0.6 is 43.2 Å². The van der Waals surface area contributed by atoms with Gasteiger partial charge in [-0.25, -0.2) is 0 Å². The molecule has 0 N–H and O–H groups in total. The molecular weight excluding hydrogens is 292 g/mol. The molecule has 1 aromatic rings. The number of carbonyl (C=O) groups excluding carboxylic acids is 1. The molecule has 0 aromatic carbocycles. The molecule has 0 radical (unpaired) electrons. The Morgan fingerprint density at radius 2 is 2.27 bits per heavy atom. The van der Waals surface area contributed by atoms with Gasteiger partial charge in [0.05, 0.1) is 8.66 Å². The lowest BCUT2D eigenvalue weighted by atomic mass is 10.3. The predicted molar refractivity (Wildman–Crippen MR) is 54.2 cm³/mol. The van der Waals surface area contributed by atoms with Crippen molar-refractivity contribution in [3.63, 3.8) is 0 Å². The largest absolute Gasteiger partial charge is 0.288 e. The molecule has 0 amide bonds. The highest BCUT2D eigenvalue weighted by Gasteiger charge is 2.07. The molecule has 0 saturated carbocycles. The van der Waals surface area contributed by atoms with Gasteiger partial charge in [0.15, 0.2) is 5.78 Å². The molecule has 1 nitrogen and oxygen atoms in total. The topological polar surface area (TPSA) is 17.1 Å². The second kappa shape index (κ2) is 3.65. The van der Waals surface area contributed by atoms with E-state index in [0.717, 1.165) is 8.26 Å². The molecule has 0 fully saturated rings. The maximum Gasteiger partial charge on any atom is 0.195 e. The summed E-state index contributed by atoms with van der Waals surface area (Å²) in [6.07, 6.45) is 1.31. The van der Waals surface area contributed by atoms with Gasteiger partial charge in [0.2, 0.25) is 0 Å². The van der Waals surface area contributed by atoms with E-state index in [4.69, 9.17) is 0 Å². The van der Waals surface area contributed by atoms with E-state index in [1.165, 1.54) is 17.4 Å². The molecule has 1 rings (SSSR count). The van der Waals surface area contributed by atoms with Crippen LogP contribution in [0.3, 0.4) is 0 Å². The molecule has 4 heteroatoms. The molecule has 0 saturated heterocycles. The summed E-state index contributed by atoms with van der Waals surface area (Å²) < 4.78 is 1.84. The second-order valence-corrected chi connectivity index (χ2v) is 5.03. The molecule has 0 unspecified atom stereocenters. The average molecular weight is 296 g/mol. The smallest absolute Gasteiger partial charge is 0.195 e. The zero-order valence-electron chi connectivity index (χ0n) is 5.43. The summed E-state index contributed by atoms with van der Waals surface area (Å²) in [6, 6.07) is 1.78. The van der Waals surface area contributed by atoms with Crippen molar-refractivity contribution in [1.82, 2.24) is 0 Å². The van der Waals surface area contributed by atoms with Crippen molar-refractivity contribution in [1.29, 1.82) is 0 Å². The lowest BCUT2D eigenvalue weighted by Crippen LogP contribution is -1.86. The lowest BCUT2D eigenvalue weighted by molar-refractivity contribution is 0.105. The Morgan fingerprint density at radius 3 is 2.64 bits per heavy atom. The quantitative estimate of drug-likeness (QED) is 0.601.